The van der Waals surface area contributed by atoms with Crippen molar-refractivity contribution < 1.29 is 111 Å². The van der Waals surface area contributed by atoms with Crippen LogP contribution in [0, 0.1) is 0 Å². The molecule has 1 rings (SSSR count). The average molecular weight is 425 g/mol. The van der Waals surface area contributed by atoms with Crippen LogP contribution in [-0.4, -0.2) is 86.8 Å². The Balaban J connectivity index is -0.00000000870. The van der Waals surface area contributed by atoms with Crippen LogP contribution in [0.3, 0.4) is 0 Å². The fourth-order valence-electron chi connectivity index (χ4n) is 1.09. The van der Waals surface area contributed by atoms with Gasteiger partial charge in [0.25, 0.3) is 0 Å². The van der Waals surface area contributed by atoms with E-state index in [1.807, 2.05) is 0 Å². The van der Waals surface area contributed by atoms with Gasteiger partial charge >= 0.3 is 97.9 Å². The predicted octanol–water partition coefficient (Wildman–Crippen LogP) is -9.92. The first-order valence-corrected chi connectivity index (χ1v) is 7.36. The van der Waals surface area contributed by atoms with Crippen LogP contribution in [0.25, 0.3) is 0 Å². The third-order valence-electron chi connectivity index (χ3n) is 1.98. The molecule has 0 aliphatic carbocycles. The van der Waals surface area contributed by atoms with Crippen molar-refractivity contribution in [2.45, 2.75) is 20.3 Å². The second-order valence-electron chi connectivity index (χ2n) is 3.31. The van der Waals surface area contributed by atoms with E-state index in [2.05, 4.69) is 14.0 Å². The van der Waals surface area contributed by atoms with Crippen molar-refractivity contribution in [1.29, 1.82) is 0 Å². The van der Waals surface area contributed by atoms with Crippen LogP contribution in [0.15, 0.2) is 0 Å². The summed E-state index contributed by atoms with van der Waals surface area (Å²) in [5.41, 5.74) is 0. The zero-order chi connectivity index (χ0) is 14.9. The van der Waals surface area contributed by atoms with Crippen LogP contribution in [0.5, 0.6) is 0 Å². The molecule has 0 spiro atoms. The maximum atomic E-state index is 4.94. The molecule has 0 aromatic rings. The molecule has 0 unspecified atom stereocenters. The van der Waals surface area contributed by atoms with E-state index in [0.717, 1.165) is 13.2 Å². The molecule has 1 saturated heterocycles. The van der Waals surface area contributed by atoms with Gasteiger partial charge in [0, 0.05) is 64.3 Å². The topological polar surface area (TPSA) is 135 Å². The summed E-state index contributed by atoms with van der Waals surface area (Å²) < 4.78 is 33.0. The molecule has 17 heteroatoms. The Morgan fingerprint density at radius 1 is 0.714 bits per heavy atom. The number of rotatable bonds is 6. The van der Waals surface area contributed by atoms with E-state index in [9.17, 15) is 0 Å². The van der Waals surface area contributed by atoms with Crippen LogP contribution < -0.4 is 87.7 Å². The smallest absolute Gasteiger partial charge is 1.00 e. The molecule has 1 fully saturated rings. The second-order valence-corrected chi connectivity index (χ2v) is 5.30. The molecule has 0 saturated carbocycles. The van der Waals surface area contributed by atoms with Gasteiger partial charge < -0.3 is 48.1 Å². The largest absolute Gasteiger partial charge is 1.00 e. The maximum absolute atomic E-state index is 4.94. The molecule has 0 aromatic heterocycles. The number of hydrogen-bond acceptors (Lipinski definition) is 9. The van der Waals surface area contributed by atoms with Gasteiger partial charge in [-0.2, -0.15) is 0 Å². The van der Waals surface area contributed by atoms with Gasteiger partial charge in [-0.15, -0.1) is 12.4 Å². The maximum Gasteiger partial charge on any atom is 1.00 e. The van der Waals surface area contributed by atoms with E-state index in [1.165, 1.54) is 34.2 Å². The van der Waals surface area contributed by atoms with Gasteiger partial charge in [0.1, 0.15) is 0 Å². The van der Waals surface area contributed by atoms with Gasteiger partial charge in [0.05, 0.1) is 0 Å². The molecule has 0 amide bonds. The van der Waals surface area contributed by atoms with Crippen molar-refractivity contribution in [3.8, 4) is 0 Å². The van der Waals surface area contributed by atoms with Crippen LogP contribution in [0.1, 0.15) is 26.0 Å². The zero-order valence-corrected chi connectivity index (χ0v) is 21.2. The average Bonchev–Trinajstić information content (AvgIpc) is 3.03. The Morgan fingerprint density at radius 3 is 1.00 bits per heavy atom. The molecule has 0 aromatic carbocycles. The number of hydrogen-bond donors (Lipinski definition) is 2. The quantitative estimate of drug-likeness (QED) is 0.398. The number of ether oxygens (including phenoxy) is 1. The molecule has 0 bridgehead atoms. The SMILES string of the molecule is C.C1CCOC1.COB(OC)OC.C[O][Al]([O]C)[O]C.Cl.N.N.[B].[H-].[H-].[H-].[H-].[Li+].[Li+].[Li+].[Li+]. The number of halogens is 1. The van der Waals surface area contributed by atoms with Crippen molar-refractivity contribution >= 4 is 43.3 Å². The zero-order valence-electron chi connectivity index (χ0n) is 23.2. The van der Waals surface area contributed by atoms with Gasteiger partial charge in [-0.1, -0.05) is 7.43 Å². The Bertz CT molecular complexity index is 179. The van der Waals surface area contributed by atoms with E-state index in [4.69, 9.17) is 16.1 Å². The minimum atomic E-state index is -1.67. The summed E-state index contributed by atoms with van der Waals surface area (Å²) >= 11 is -1.67. The van der Waals surface area contributed by atoms with Crippen molar-refractivity contribution in [2.24, 2.45) is 0 Å². The Hall–Kier alpha value is 2.98. The van der Waals surface area contributed by atoms with Gasteiger partial charge in [0.2, 0.25) is 0 Å². The van der Waals surface area contributed by atoms with E-state index >= 15 is 0 Å². The second kappa shape index (κ2) is 63.1. The van der Waals surface area contributed by atoms with Crippen molar-refractivity contribution in [3.05, 3.63) is 0 Å². The molecule has 1 aliphatic heterocycles. The monoisotopic (exact) mass is 425 g/mol. The first kappa shape index (κ1) is 69.8. The molecule has 9 nitrogen and oxygen atoms in total. The summed E-state index contributed by atoms with van der Waals surface area (Å²) in [6, 6.07) is 0. The molecule has 28 heavy (non-hydrogen) atoms. The van der Waals surface area contributed by atoms with Crippen LogP contribution in [0.4, 0.5) is 0 Å². The summed E-state index contributed by atoms with van der Waals surface area (Å²) in [5.74, 6) is 0. The molecular weight excluding hydrogens is 384 g/mol. The summed E-state index contributed by atoms with van der Waals surface area (Å²) in [7, 11) is 8.74. The molecular formula is C11H41AlB2ClLi4N2O7. The van der Waals surface area contributed by atoms with Gasteiger partial charge in [-0.3, -0.25) is 0 Å². The first-order chi connectivity index (χ1) is 9.19. The molecule has 1 aliphatic rings. The Morgan fingerprint density at radius 2 is 0.964 bits per heavy atom. The van der Waals surface area contributed by atoms with Crippen molar-refractivity contribution in [2.75, 3.05) is 55.9 Å². The van der Waals surface area contributed by atoms with E-state index in [-0.39, 0.29) is 122 Å². The van der Waals surface area contributed by atoms with Crippen LogP contribution >= 0.6 is 12.4 Å². The fraction of sp³-hybridized carbons (Fsp3) is 1.00. The summed E-state index contributed by atoms with van der Waals surface area (Å²) in [4.78, 5) is 0. The van der Waals surface area contributed by atoms with Crippen molar-refractivity contribution in [3.63, 3.8) is 0 Å². The fourth-order valence-corrected chi connectivity index (χ4v) is 1.67. The normalized spacial score (nSPS) is 8.79. The molecule has 1 heterocycles. The molecule has 6 N–H and O–H groups in total. The molecule has 157 valence electrons. The van der Waals surface area contributed by atoms with E-state index < -0.39 is 22.5 Å². The van der Waals surface area contributed by atoms with Crippen LogP contribution in [0.2, 0.25) is 0 Å². The first-order valence-electron chi connectivity index (χ1n) is 5.94. The van der Waals surface area contributed by atoms with Gasteiger partial charge in [0.15, 0.2) is 0 Å². The Kier molecular flexibility index (Phi) is 157. The summed E-state index contributed by atoms with van der Waals surface area (Å²) in [6.07, 6.45) is 2.56. The molecule has 0 atom stereocenters. The van der Waals surface area contributed by atoms with Crippen molar-refractivity contribution in [1.82, 2.24) is 12.3 Å². The minimum Gasteiger partial charge on any atom is -1.00 e. The minimum absolute atomic E-state index is 0. The third kappa shape index (κ3) is 56.8. The third-order valence-corrected chi connectivity index (χ3v) is 3.14. The standard InChI is InChI=1S/C4H8O.C3H9BO3.3CH3O.CH4.Al.B.ClH.4Li.2H3N.4H/c1-2-4-5-3-1;1-5-4(6-2)7-3;3*1-2;;;;;;;;;;;;;;/h1-4H2;1-3H3;3*1H3;1H4;;;1H;;;;;2*1H3;;;;/q;;3*-1;;+3;;;4*+1;;;4*-1. The van der Waals surface area contributed by atoms with Crippen LogP contribution in [-0.2, 0) is 30.1 Å². The predicted molar refractivity (Wildman–Crippen MR) is 108 cm³/mol. The summed E-state index contributed by atoms with van der Waals surface area (Å²) in [6.45, 7) is 2.00. The van der Waals surface area contributed by atoms with E-state index in [0.29, 0.717) is 0 Å². The van der Waals surface area contributed by atoms with Gasteiger partial charge in [-0.05, 0) is 12.8 Å². The van der Waals surface area contributed by atoms with Gasteiger partial charge in [-0.25, -0.2) is 0 Å². The summed E-state index contributed by atoms with van der Waals surface area (Å²) in [5, 5.41) is 0. The van der Waals surface area contributed by atoms with E-state index in [1.54, 1.807) is 21.3 Å². The Labute approximate surface area is 241 Å². The molecule has 3 radical (unpaired) electrons.